The number of nitriles is 1. The Balaban J connectivity index is 1.92. The van der Waals surface area contributed by atoms with Gasteiger partial charge in [-0.3, -0.25) is 0 Å². The lowest BCUT2D eigenvalue weighted by Gasteiger charge is -2.22. The molecule has 0 aliphatic heterocycles. The molecule has 0 atom stereocenters. The molecule has 1 heterocycles. The number of benzene rings is 2. The van der Waals surface area contributed by atoms with Crippen LogP contribution in [-0.4, -0.2) is 17.6 Å². The van der Waals surface area contributed by atoms with Crippen LogP contribution in [0, 0.1) is 11.3 Å². The first kappa shape index (κ1) is 17.0. The molecule has 0 spiro atoms. The Hall–Kier alpha value is -3.45. The third-order valence-electron chi connectivity index (χ3n) is 4.78. The van der Waals surface area contributed by atoms with E-state index < -0.39 is 5.97 Å². The van der Waals surface area contributed by atoms with Gasteiger partial charge in [0.05, 0.1) is 16.8 Å². The highest BCUT2D eigenvalue weighted by Gasteiger charge is 2.25. The SMILES string of the molecule is N#CCOC(=O)c1c2c(nc3ccccc13)/C(=C/c1ccccc1)CCC2. The van der Waals surface area contributed by atoms with Crippen molar-refractivity contribution in [3.63, 3.8) is 0 Å². The molecule has 3 aromatic rings. The lowest BCUT2D eigenvalue weighted by atomic mass is 9.86. The molecule has 0 amide bonds. The fourth-order valence-corrected chi connectivity index (χ4v) is 3.63. The number of nitrogens with zero attached hydrogens (tertiary/aromatic N) is 2. The van der Waals surface area contributed by atoms with Crippen LogP contribution in [0.2, 0.25) is 0 Å². The van der Waals surface area contributed by atoms with Crippen molar-refractivity contribution >= 4 is 28.5 Å². The number of fused-ring (bicyclic) bond motifs is 2. The summed E-state index contributed by atoms with van der Waals surface area (Å²) < 4.78 is 5.16. The van der Waals surface area contributed by atoms with Crippen LogP contribution in [-0.2, 0) is 11.2 Å². The Morgan fingerprint density at radius 2 is 1.89 bits per heavy atom. The van der Waals surface area contributed by atoms with E-state index in [1.807, 2.05) is 48.5 Å². The highest BCUT2D eigenvalue weighted by Crippen LogP contribution is 2.36. The number of para-hydroxylation sites is 1. The fourth-order valence-electron chi connectivity index (χ4n) is 3.63. The van der Waals surface area contributed by atoms with Crippen LogP contribution >= 0.6 is 0 Å². The second-order valence-corrected chi connectivity index (χ2v) is 6.50. The Labute approximate surface area is 157 Å². The molecule has 1 aromatic heterocycles. The molecule has 0 unspecified atom stereocenters. The van der Waals surface area contributed by atoms with Gasteiger partial charge in [-0.15, -0.1) is 0 Å². The zero-order valence-corrected chi connectivity index (χ0v) is 14.8. The van der Waals surface area contributed by atoms with E-state index in [1.165, 1.54) is 0 Å². The van der Waals surface area contributed by atoms with Crippen molar-refractivity contribution in [2.24, 2.45) is 0 Å². The number of hydrogen-bond acceptors (Lipinski definition) is 4. The van der Waals surface area contributed by atoms with E-state index >= 15 is 0 Å². The number of hydrogen-bond donors (Lipinski definition) is 0. The molecule has 2 aromatic carbocycles. The van der Waals surface area contributed by atoms with Crippen LogP contribution in [0.15, 0.2) is 54.6 Å². The van der Waals surface area contributed by atoms with Crippen molar-refractivity contribution in [2.75, 3.05) is 6.61 Å². The number of carbonyl (C=O) groups is 1. The Kier molecular flexibility index (Phi) is 4.67. The molecule has 0 saturated carbocycles. The van der Waals surface area contributed by atoms with Crippen molar-refractivity contribution < 1.29 is 9.53 Å². The lowest BCUT2D eigenvalue weighted by molar-refractivity contribution is 0.0556. The molecular weight excluding hydrogens is 336 g/mol. The van der Waals surface area contributed by atoms with Gasteiger partial charge in [-0.05, 0) is 48.1 Å². The van der Waals surface area contributed by atoms with Gasteiger partial charge in [0.25, 0.3) is 0 Å². The van der Waals surface area contributed by atoms with Gasteiger partial charge in [0.15, 0.2) is 6.61 Å². The topological polar surface area (TPSA) is 63.0 Å². The second kappa shape index (κ2) is 7.43. The first-order valence-corrected chi connectivity index (χ1v) is 8.99. The average molecular weight is 354 g/mol. The van der Waals surface area contributed by atoms with Gasteiger partial charge >= 0.3 is 5.97 Å². The predicted molar refractivity (Wildman–Crippen MR) is 105 cm³/mol. The number of ether oxygens (including phenoxy) is 1. The van der Waals surface area contributed by atoms with Gasteiger partial charge < -0.3 is 4.74 Å². The predicted octanol–water partition coefficient (Wildman–Crippen LogP) is 4.79. The summed E-state index contributed by atoms with van der Waals surface area (Å²) >= 11 is 0. The zero-order chi connectivity index (χ0) is 18.6. The van der Waals surface area contributed by atoms with E-state index in [4.69, 9.17) is 15.0 Å². The molecule has 0 saturated heterocycles. The summed E-state index contributed by atoms with van der Waals surface area (Å²) in [7, 11) is 0. The smallest absolute Gasteiger partial charge is 0.340 e. The van der Waals surface area contributed by atoms with Gasteiger partial charge in [-0.2, -0.15) is 5.26 Å². The van der Waals surface area contributed by atoms with Gasteiger partial charge in [0.2, 0.25) is 0 Å². The summed E-state index contributed by atoms with van der Waals surface area (Å²) in [4.78, 5) is 17.6. The number of rotatable bonds is 3. The molecule has 4 rings (SSSR count). The third kappa shape index (κ3) is 3.32. The largest absolute Gasteiger partial charge is 0.447 e. The molecule has 4 heteroatoms. The standard InChI is InChI=1S/C23H18N2O2/c24-13-14-27-23(26)21-18-10-4-5-12-20(18)25-22-17(9-6-11-19(21)22)15-16-7-2-1-3-8-16/h1-5,7-8,10,12,15H,6,9,11,14H2/b17-15+. The molecule has 0 N–H and O–H groups in total. The summed E-state index contributed by atoms with van der Waals surface area (Å²) in [6.45, 7) is -0.253. The number of esters is 1. The Bertz CT molecular complexity index is 1080. The molecule has 0 fully saturated rings. The average Bonchev–Trinajstić information content (AvgIpc) is 2.71. The monoisotopic (exact) mass is 354 g/mol. The van der Waals surface area contributed by atoms with Crippen molar-refractivity contribution in [3.8, 4) is 6.07 Å². The van der Waals surface area contributed by atoms with Crippen molar-refractivity contribution in [3.05, 3.63) is 77.0 Å². The Morgan fingerprint density at radius 1 is 1.11 bits per heavy atom. The first-order chi connectivity index (χ1) is 13.3. The molecule has 1 aliphatic carbocycles. The maximum absolute atomic E-state index is 12.7. The van der Waals surface area contributed by atoms with Crippen LogP contribution < -0.4 is 0 Å². The van der Waals surface area contributed by atoms with Gasteiger partial charge in [0.1, 0.15) is 6.07 Å². The highest BCUT2D eigenvalue weighted by molar-refractivity contribution is 6.06. The maximum atomic E-state index is 12.7. The minimum absolute atomic E-state index is 0.253. The molecule has 1 aliphatic rings. The zero-order valence-electron chi connectivity index (χ0n) is 14.8. The highest BCUT2D eigenvalue weighted by atomic mass is 16.5. The molecule has 132 valence electrons. The van der Waals surface area contributed by atoms with E-state index in [-0.39, 0.29) is 6.61 Å². The van der Waals surface area contributed by atoms with Crippen LogP contribution in [0.4, 0.5) is 0 Å². The number of aromatic nitrogens is 1. The molecule has 0 radical (unpaired) electrons. The van der Waals surface area contributed by atoms with Gasteiger partial charge in [-0.1, -0.05) is 48.5 Å². The number of pyridine rings is 1. The first-order valence-electron chi connectivity index (χ1n) is 8.99. The summed E-state index contributed by atoms with van der Waals surface area (Å²) in [5, 5.41) is 9.55. The van der Waals surface area contributed by atoms with Crippen LogP contribution in [0.5, 0.6) is 0 Å². The third-order valence-corrected chi connectivity index (χ3v) is 4.78. The van der Waals surface area contributed by atoms with E-state index in [0.717, 1.165) is 52.6 Å². The molecule has 0 bridgehead atoms. The number of carbonyl (C=O) groups excluding carboxylic acids is 1. The number of allylic oxidation sites excluding steroid dienone is 1. The summed E-state index contributed by atoms with van der Waals surface area (Å²) in [6.07, 6.45) is 4.78. The van der Waals surface area contributed by atoms with Crippen LogP contribution in [0.1, 0.15) is 40.0 Å². The van der Waals surface area contributed by atoms with Crippen molar-refractivity contribution in [1.82, 2.24) is 4.98 Å². The summed E-state index contributed by atoms with van der Waals surface area (Å²) in [5.41, 5.74) is 5.34. The van der Waals surface area contributed by atoms with Crippen LogP contribution in [0.3, 0.4) is 0 Å². The van der Waals surface area contributed by atoms with E-state index in [2.05, 4.69) is 18.2 Å². The van der Waals surface area contributed by atoms with E-state index in [0.29, 0.717) is 5.56 Å². The van der Waals surface area contributed by atoms with Gasteiger partial charge in [0, 0.05) is 5.39 Å². The van der Waals surface area contributed by atoms with Gasteiger partial charge in [-0.25, -0.2) is 9.78 Å². The van der Waals surface area contributed by atoms with Crippen molar-refractivity contribution in [2.45, 2.75) is 19.3 Å². The molecule has 27 heavy (non-hydrogen) atoms. The summed E-state index contributed by atoms with van der Waals surface area (Å²) in [5.74, 6) is -0.452. The summed E-state index contributed by atoms with van der Waals surface area (Å²) in [6, 6.07) is 19.6. The lowest BCUT2D eigenvalue weighted by Crippen LogP contribution is -2.15. The minimum atomic E-state index is -0.452. The Morgan fingerprint density at radius 3 is 2.70 bits per heavy atom. The minimum Gasteiger partial charge on any atom is -0.447 e. The van der Waals surface area contributed by atoms with E-state index in [9.17, 15) is 4.79 Å². The molecular formula is C23H18N2O2. The normalized spacial score (nSPS) is 14.6. The van der Waals surface area contributed by atoms with Crippen molar-refractivity contribution in [1.29, 1.82) is 5.26 Å². The maximum Gasteiger partial charge on any atom is 0.340 e. The fraction of sp³-hybridized carbons (Fsp3) is 0.174. The molecule has 4 nitrogen and oxygen atoms in total. The van der Waals surface area contributed by atoms with Crippen LogP contribution in [0.25, 0.3) is 22.6 Å². The van der Waals surface area contributed by atoms with E-state index in [1.54, 1.807) is 0 Å². The second-order valence-electron chi connectivity index (χ2n) is 6.50. The quantitative estimate of drug-likeness (QED) is 0.634.